The Morgan fingerprint density at radius 1 is 1.15 bits per heavy atom. The second-order valence-electron chi connectivity index (χ2n) is 4.84. The molecule has 0 radical (unpaired) electrons. The van der Waals surface area contributed by atoms with Gasteiger partial charge in [0.2, 0.25) is 0 Å². The van der Waals surface area contributed by atoms with Gasteiger partial charge in [-0.05, 0) is 56.2 Å². The molecule has 0 N–H and O–H groups in total. The van der Waals surface area contributed by atoms with Gasteiger partial charge in [0.15, 0.2) is 0 Å². The summed E-state index contributed by atoms with van der Waals surface area (Å²) in [6.07, 6.45) is 0. The number of nitrogens with zero attached hydrogens (tertiary/aromatic N) is 1. The molecular formula is C16H15NO2S. The number of carbonyl (C=O) groups excluding carboxylic acids is 1. The maximum atomic E-state index is 11.8. The van der Waals surface area contributed by atoms with E-state index in [-0.39, 0.29) is 5.97 Å². The van der Waals surface area contributed by atoms with Gasteiger partial charge in [0.1, 0.15) is 9.71 Å². The second kappa shape index (κ2) is 4.87. The number of rotatable bonds is 2. The number of hydrogen-bond acceptors (Lipinski definition) is 4. The lowest BCUT2D eigenvalue weighted by atomic mass is 10.1. The van der Waals surface area contributed by atoms with Crippen molar-refractivity contribution in [3.05, 3.63) is 40.3 Å². The third-order valence-corrected chi connectivity index (χ3v) is 4.42. The molecule has 0 saturated heterocycles. The Morgan fingerprint density at radius 3 is 2.65 bits per heavy atom. The molecular weight excluding hydrogens is 270 g/mol. The van der Waals surface area contributed by atoms with Gasteiger partial charge in [-0.3, -0.25) is 0 Å². The number of esters is 1. The number of carbonyl (C=O) groups is 1. The fourth-order valence-corrected chi connectivity index (χ4v) is 3.12. The summed E-state index contributed by atoms with van der Waals surface area (Å²) < 4.78 is 5.04. The summed E-state index contributed by atoms with van der Waals surface area (Å²) in [5, 5.41) is 2.10. The van der Waals surface area contributed by atoms with E-state index in [1.807, 2.05) is 13.0 Å². The maximum absolute atomic E-state index is 11.8. The van der Waals surface area contributed by atoms with E-state index in [4.69, 9.17) is 4.74 Å². The van der Waals surface area contributed by atoms with E-state index >= 15 is 0 Å². The highest BCUT2D eigenvalue weighted by Gasteiger charge is 2.12. The molecule has 4 heteroatoms. The summed E-state index contributed by atoms with van der Waals surface area (Å²) in [6, 6.07) is 8.18. The van der Waals surface area contributed by atoms with Gasteiger partial charge in [-0.2, -0.15) is 0 Å². The normalized spacial score (nSPS) is 11.2. The predicted molar refractivity (Wildman–Crippen MR) is 82.6 cm³/mol. The molecule has 20 heavy (non-hydrogen) atoms. The van der Waals surface area contributed by atoms with Crippen LogP contribution in [0.15, 0.2) is 24.3 Å². The number of aryl methyl sites for hydroxylation is 2. The van der Waals surface area contributed by atoms with Crippen LogP contribution in [0.3, 0.4) is 0 Å². The van der Waals surface area contributed by atoms with Crippen molar-refractivity contribution in [1.29, 1.82) is 0 Å². The Bertz CT molecular complexity index is 762. The van der Waals surface area contributed by atoms with Crippen LogP contribution in [-0.4, -0.2) is 17.6 Å². The Kier molecular flexibility index (Phi) is 3.18. The molecule has 102 valence electrons. The largest absolute Gasteiger partial charge is 0.462 e. The number of fused-ring (bicyclic) bond motifs is 2. The fourth-order valence-electron chi connectivity index (χ4n) is 2.20. The van der Waals surface area contributed by atoms with Crippen LogP contribution in [0.5, 0.6) is 0 Å². The van der Waals surface area contributed by atoms with E-state index in [2.05, 4.69) is 37.0 Å². The number of aromatic nitrogens is 1. The quantitative estimate of drug-likeness (QED) is 0.661. The van der Waals surface area contributed by atoms with Crippen LogP contribution in [0, 0.1) is 13.8 Å². The van der Waals surface area contributed by atoms with Crippen molar-refractivity contribution < 1.29 is 9.53 Å². The molecule has 0 fully saturated rings. The number of thiophene rings is 1. The molecule has 0 bridgehead atoms. The Balaban J connectivity index is 2.18. The van der Waals surface area contributed by atoms with Crippen molar-refractivity contribution in [2.75, 3.05) is 6.61 Å². The maximum Gasteiger partial charge on any atom is 0.348 e. The minimum atomic E-state index is -0.271. The molecule has 0 unspecified atom stereocenters. The summed E-state index contributed by atoms with van der Waals surface area (Å²) in [5.74, 6) is -0.271. The van der Waals surface area contributed by atoms with Crippen molar-refractivity contribution in [3.63, 3.8) is 0 Å². The standard InChI is InChI=1S/C16H15NO2S/c1-4-19-16(18)14-8-12-7-11-5-9(2)10(3)6-13(11)17-15(12)20-14/h5-8H,4H2,1-3H3. The van der Waals surface area contributed by atoms with Crippen LogP contribution in [-0.2, 0) is 4.74 Å². The van der Waals surface area contributed by atoms with Gasteiger partial charge in [-0.15, -0.1) is 11.3 Å². The minimum absolute atomic E-state index is 0.271. The Hall–Kier alpha value is -1.94. The van der Waals surface area contributed by atoms with Crippen molar-refractivity contribution in [3.8, 4) is 0 Å². The van der Waals surface area contributed by atoms with Crippen LogP contribution in [0.1, 0.15) is 27.7 Å². The zero-order valence-electron chi connectivity index (χ0n) is 11.7. The van der Waals surface area contributed by atoms with Gasteiger partial charge < -0.3 is 4.74 Å². The molecule has 2 heterocycles. The second-order valence-corrected chi connectivity index (χ2v) is 5.87. The molecule has 0 amide bonds. The molecule has 0 aliphatic rings. The van der Waals surface area contributed by atoms with Crippen molar-refractivity contribution in [2.45, 2.75) is 20.8 Å². The first-order valence-electron chi connectivity index (χ1n) is 6.57. The summed E-state index contributed by atoms with van der Waals surface area (Å²) >= 11 is 1.38. The summed E-state index contributed by atoms with van der Waals surface area (Å²) in [4.78, 5) is 17.9. The average Bonchev–Trinajstić information content (AvgIpc) is 2.81. The molecule has 0 aliphatic carbocycles. The predicted octanol–water partition coefficient (Wildman–Crippen LogP) is 4.24. The lowest BCUT2D eigenvalue weighted by Gasteiger charge is -2.03. The SMILES string of the molecule is CCOC(=O)c1cc2cc3cc(C)c(C)cc3nc2s1. The van der Waals surface area contributed by atoms with Crippen molar-refractivity contribution in [1.82, 2.24) is 4.98 Å². The molecule has 3 aromatic rings. The third kappa shape index (κ3) is 2.16. The zero-order chi connectivity index (χ0) is 14.3. The first-order chi connectivity index (χ1) is 9.58. The molecule has 0 spiro atoms. The molecule has 0 saturated carbocycles. The average molecular weight is 285 g/mol. The van der Waals surface area contributed by atoms with Crippen LogP contribution < -0.4 is 0 Å². The monoisotopic (exact) mass is 285 g/mol. The number of hydrogen-bond donors (Lipinski definition) is 0. The van der Waals surface area contributed by atoms with Gasteiger partial charge in [0.25, 0.3) is 0 Å². The highest BCUT2D eigenvalue weighted by atomic mass is 32.1. The smallest absolute Gasteiger partial charge is 0.348 e. The molecule has 0 atom stereocenters. The molecule has 3 rings (SSSR count). The lowest BCUT2D eigenvalue weighted by molar-refractivity contribution is 0.0532. The van der Waals surface area contributed by atoms with Gasteiger partial charge in [0, 0.05) is 10.8 Å². The fraction of sp³-hybridized carbons (Fsp3) is 0.250. The Labute approximate surface area is 121 Å². The van der Waals surface area contributed by atoms with Crippen LogP contribution in [0.4, 0.5) is 0 Å². The first kappa shape index (κ1) is 13.1. The molecule has 0 aliphatic heterocycles. The molecule has 3 nitrogen and oxygen atoms in total. The number of pyridine rings is 1. The van der Waals surface area contributed by atoms with Gasteiger partial charge >= 0.3 is 5.97 Å². The van der Waals surface area contributed by atoms with E-state index < -0.39 is 0 Å². The molecule has 2 aromatic heterocycles. The van der Waals surface area contributed by atoms with Crippen LogP contribution in [0.2, 0.25) is 0 Å². The summed E-state index contributed by atoms with van der Waals surface area (Å²) in [6.45, 7) is 6.37. The van der Waals surface area contributed by atoms with Crippen molar-refractivity contribution >= 4 is 38.4 Å². The van der Waals surface area contributed by atoms with Crippen LogP contribution >= 0.6 is 11.3 Å². The van der Waals surface area contributed by atoms with E-state index in [1.165, 1.54) is 22.5 Å². The van der Waals surface area contributed by atoms with E-state index in [0.29, 0.717) is 11.5 Å². The lowest BCUT2D eigenvalue weighted by Crippen LogP contribution is -2.01. The minimum Gasteiger partial charge on any atom is -0.462 e. The van der Waals surface area contributed by atoms with Gasteiger partial charge in [-0.1, -0.05) is 0 Å². The van der Waals surface area contributed by atoms with Gasteiger partial charge in [-0.25, -0.2) is 9.78 Å². The summed E-state index contributed by atoms with van der Waals surface area (Å²) in [7, 11) is 0. The zero-order valence-corrected chi connectivity index (χ0v) is 12.5. The van der Waals surface area contributed by atoms with E-state index in [0.717, 1.165) is 21.1 Å². The molecule has 1 aromatic carbocycles. The number of benzene rings is 1. The van der Waals surface area contributed by atoms with Gasteiger partial charge in [0.05, 0.1) is 12.1 Å². The summed E-state index contributed by atoms with van der Waals surface area (Å²) in [5.41, 5.74) is 3.45. The van der Waals surface area contributed by atoms with E-state index in [9.17, 15) is 4.79 Å². The Morgan fingerprint density at radius 2 is 1.90 bits per heavy atom. The topological polar surface area (TPSA) is 39.2 Å². The van der Waals surface area contributed by atoms with E-state index in [1.54, 1.807) is 0 Å². The van der Waals surface area contributed by atoms with Crippen molar-refractivity contribution in [2.24, 2.45) is 0 Å². The number of ether oxygens (including phenoxy) is 1. The third-order valence-electron chi connectivity index (χ3n) is 3.39. The highest BCUT2D eigenvalue weighted by molar-refractivity contribution is 7.20. The first-order valence-corrected chi connectivity index (χ1v) is 7.39. The highest BCUT2D eigenvalue weighted by Crippen LogP contribution is 2.29. The van der Waals surface area contributed by atoms with Crippen LogP contribution in [0.25, 0.3) is 21.1 Å².